The van der Waals surface area contributed by atoms with Crippen LogP contribution in [0.15, 0.2) is 48.7 Å². The number of carboxylic acids is 1. The van der Waals surface area contributed by atoms with Crippen LogP contribution in [0.5, 0.6) is 23.0 Å². The van der Waals surface area contributed by atoms with Gasteiger partial charge in [0, 0.05) is 29.3 Å². The number of aliphatic carboxylic acids is 1. The number of hydrogen-bond donors (Lipinski definition) is 1. The van der Waals surface area contributed by atoms with Crippen LogP contribution in [0.3, 0.4) is 0 Å². The first-order chi connectivity index (χ1) is 12.1. The summed E-state index contributed by atoms with van der Waals surface area (Å²) in [6, 6.07) is 12.4. The van der Waals surface area contributed by atoms with E-state index in [1.165, 1.54) is 7.11 Å². The van der Waals surface area contributed by atoms with Crippen molar-refractivity contribution in [2.24, 2.45) is 0 Å². The number of nitrogens with zero attached hydrogens (tertiary/aromatic N) is 1. The van der Waals surface area contributed by atoms with E-state index in [0.29, 0.717) is 22.8 Å². The van der Waals surface area contributed by atoms with Gasteiger partial charge in [-0.2, -0.15) is 0 Å². The zero-order chi connectivity index (χ0) is 17.8. The molecule has 0 amide bonds. The van der Waals surface area contributed by atoms with E-state index in [4.69, 9.17) is 19.3 Å². The van der Waals surface area contributed by atoms with Crippen LogP contribution in [0.25, 0.3) is 10.9 Å². The zero-order valence-electron chi connectivity index (χ0n) is 13.9. The number of rotatable bonds is 6. The van der Waals surface area contributed by atoms with Gasteiger partial charge in [-0.25, -0.2) is 0 Å². The van der Waals surface area contributed by atoms with E-state index in [2.05, 4.69) is 4.98 Å². The smallest absolute Gasteiger partial charge is 0.307 e. The quantitative estimate of drug-likeness (QED) is 0.738. The van der Waals surface area contributed by atoms with E-state index in [1.807, 2.05) is 18.2 Å². The molecule has 0 aliphatic rings. The van der Waals surface area contributed by atoms with Crippen LogP contribution in [0, 0.1) is 0 Å². The summed E-state index contributed by atoms with van der Waals surface area (Å²) in [4.78, 5) is 15.2. The van der Waals surface area contributed by atoms with Crippen LogP contribution in [0.2, 0.25) is 0 Å². The van der Waals surface area contributed by atoms with Crippen molar-refractivity contribution in [1.29, 1.82) is 0 Å². The van der Waals surface area contributed by atoms with Gasteiger partial charge in [-0.05, 0) is 24.3 Å². The van der Waals surface area contributed by atoms with Crippen molar-refractivity contribution in [2.45, 2.75) is 6.42 Å². The fourth-order valence-corrected chi connectivity index (χ4v) is 2.54. The van der Waals surface area contributed by atoms with E-state index in [9.17, 15) is 4.79 Å². The fraction of sp³-hybridized carbons (Fsp3) is 0.158. The second-order valence-corrected chi connectivity index (χ2v) is 5.34. The predicted molar refractivity (Wildman–Crippen MR) is 92.7 cm³/mol. The highest BCUT2D eigenvalue weighted by Gasteiger charge is 2.11. The summed E-state index contributed by atoms with van der Waals surface area (Å²) in [7, 11) is 3.10. The molecule has 6 heteroatoms. The molecule has 1 N–H and O–H groups in total. The Morgan fingerprint density at radius 1 is 1.00 bits per heavy atom. The molecule has 2 aromatic carbocycles. The molecule has 0 radical (unpaired) electrons. The maximum absolute atomic E-state index is 10.9. The van der Waals surface area contributed by atoms with Gasteiger partial charge in [0.05, 0.1) is 26.2 Å². The topological polar surface area (TPSA) is 77.9 Å². The van der Waals surface area contributed by atoms with Gasteiger partial charge in [0.25, 0.3) is 0 Å². The Morgan fingerprint density at radius 3 is 2.52 bits per heavy atom. The van der Waals surface area contributed by atoms with Gasteiger partial charge in [-0.15, -0.1) is 0 Å². The van der Waals surface area contributed by atoms with E-state index in [0.717, 1.165) is 16.7 Å². The van der Waals surface area contributed by atoms with Crippen molar-refractivity contribution in [3.8, 4) is 23.0 Å². The number of aromatic nitrogens is 1. The molecule has 3 aromatic rings. The number of pyridine rings is 1. The van der Waals surface area contributed by atoms with Gasteiger partial charge >= 0.3 is 5.97 Å². The molecule has 0 atom stereocenters. The van der Waals surface area contributed by atoms with Gasteiger partial charge in [0.15, 0.2) is 0 Å². The Labute approximate surface area is 144 Å². The second-order valence-electron chi connectivity index (χ2n) is 5.34. The fourth-order valence-electron chi connectivity index (χ4n) is 2.54. The SMILES string of the molecule is COc1ccc2c(Oc3ccc(CC(=O)O)c(OC)c3)ccnc2c1. The number of carbonyl (C=O) groups is 1. The molecule has 1 heterocycles. The van der Waals surface area contributed by atoms with Crippen molar-refractivity contribution in [3.63, 3.8) is 0 Å². The average molecular weight is 339 g/mol. The molecule has 0 aliphatic heterocycles. The largest absolute Gasteiger partial charge is 0.497 e. The highest BCUT2D eigenvalue weighted by Crippen LogP contribution is 2.33. The van der Waals surface area contributed by atoms with Crippen molar-refractivity contribution >= 4 is 16.9 Å². The second kappa shape index (κ2) is 7.09. The number of hydrogen-bond acceptors (Lipinski definition) is 5. The van der Waals surface area contributed by atoms with Crippen LogP contribution in [-0.2, 0) is 11.2 Å². The summed E-state index contributed by atoms with van der Waals surface area (Å²) in [6.07, 6.45) is 1.55. The van der Waals surface area contributed by atoms with Crippen LogP contribution in [0.1, 0.15) is 5.56 Å². The Balaban J connectivity index is 1.94. The molecular formula is C19H17NO5. The summed E-state index contributed by atoms with van der Waals surface area (Å²) in [5, 5.41) is 9.79. The number of fused-ring (bicyclic) bond motifs is 1. The lowest BCUT2D eigenvalue weighted by molar-refractivity contribution is -0.136. The van der Waals surface area contributed by atoms with Gasteiger partial charge < -0.3 is 19.3 Å². The van der Waals surface area contributed by atoms with Crippen molar-refractivity contribution < 1.29 is 24.1 Å². The minimum absolute atomic E-state index is 0.110. The standard InChI is InChI=1S/C19H17NO5/c1-23-13-5-6-15-16(10-13)20-8-7-17(15)25-14-4-3-12(9-19(21)22)18(11-14)24-2/h3-8,10-11H,9H2,1-2H3,(H,21,22). The van der Waals surface area contributed by atoms with E-state index in [1.54, 1.807) is 37.6 Å². The summed E-state index contributed by atoms with van der Waals surface area (Å²) in [5.41, 5.74) is 1.35. The normalized spacial score (nSPS) is 10.5. The summed E-state index contributed by atoms with van der Waals surface area (Å²) >= 11 is 0. The van der Waals surface area contributed by atoms with Crippen molar-refractivity contribution in [1.82, 2.24) is 4.98 Å². The summed E-state index contributed by atoms with van der Waals surface area (Å²) < 4.78 is 16.4. The number of ether oxygens (including phenoxy) is 3. The van der Waals surface area contributed by atoms with Gasteiger partial charge in [-0.3, -0.25) is 9.78 Å². The van der Waals surface area contributed by atoms with Crippen LogP contribution < -0.4 is 14.2 Å². The Hall–Kier alpha value is -3.28. The third-order valence-corrected chi connectivity index (χ3v) is 3.74. The first-order valence-electron chi connectivity index (χ1n) is 7.60. The minimum Gasteiger partial charge on any atom is -0.497 e. The summed E-state index contributed by atoms with van der Waals surface area (Å²) in [6.45, 7) is 0. The van der Waals surface area contributed by atoms with Gasteiger partial charge in [0.2, 0.25) is 0 Å². The Morgan fingerprint density at radius 2 is 1.80 bits per heavy atom. The molecule has 0 unspecified atom stereocenters. The monoisotopic (exact) mass is 339 g/mol. The maximum Gasteiger partial charge on any atom is 0.307 e. The molecule has 0 spiro atoms. The number of benzene rings is 2. The van der Waals surface area contributed by atoms with Crippen LogP contribution in [-0.4, -0.2) is 30.3 Å². The Bertz CT molecular complexity index is 923. The predicted octanol–water partition coefficient (Wildman–Crippen LogP) is 3.67. The molecule has 0 aliphatic carbocycles. The molecular weight excluding hydrogens is 322 g/mol. The van der Waals surface area contributed by atoms with Crippen molar-refractivity contribution in [2.75, 3.05) is 14.2 Å². The lowest BCUT2D eigenvalue weighted by Crippen LogP contribution is -2.02. The van der Waals surface area contributed by atoms with E-state index in [-0.39, 0.29) is 6.42 Å². The van der Waals surface area contributed by atoms with Crippen molar-refractivity contribution in [3.05, 3.63) is 54.2 Å². The van der Waals surface area contributed by atoms with Crippen LogP contribution in [0.4, 0.5) is 0 Å². The average Bonchev–Trinajstić information content (AvgIpc) is 2.62. The molecule has 128 valence electrons. The molecule has 0 saturated carbocycles. The molecule has 1 aromatic heterocycles. The number of carboxylic acid groups (broad SMARTS) is 1. The molecule has 0 bridgehead atoms. The maximum atomic E-state index is 10.9. The highest BCUT2D eigenvalue weighted by atomic mass is 16.5. The van der Waals surface area contributed by atoms with E-state index < -0.39 is 5.97 Å². The first-order valence-corrected chi connectivity index (χ1v) is 7.60. The summed E-state index contributed by atoms with van der Waals surface area (Å²) in [5.74, 6) is 1.47. The molecule has 25 heavy (non-hydrogen) atoms. The molecule has 0 fully saturated rings. The first kappa shape index (κ1) is 16.6. The van der Waals surface area contributed by atoms with Crippen LogP contribution >= 0.6 is 0 Å². The minimum atomic E-state index is -0.916. The third kappa shape index (κ3) is 3.63. The van der Waals surface area contributed by atoms with E-state index >= 15 is 0 Å². The molecule has 3 rings (SSSR count). The third-order valence-electron chi connectivity index (χ3n) is 3.74. The van der Waals surface area contributed by atoms with Gasteiger partial charge in [-0.1, -0.05) is 6.07 Å². The zero-order valence-corrected chi connectivity index (χ0v) is 13.9. The lowest BCUT2D eigenvalue weighted by Gasteiger charge is -2.12. The Kier molecular flexibility index (Phi) is 4.70. The molecule has 6 nitrogen and oxygen atoms in total. The van der Waals surface area contributed by atoms with Gasteiger partial charge in [0.1, 0.15) is 23.0 Å². The number of methoxy groups -OCH3 is 2. The lowest BCUT2D eigenvalue weighted by atomic mass is 10.1. The molecule has 0 saturated heterocycles. The highest BCUT2D eigenvalue weighted by molar-refractivity contribution is 5.86.